The minimum atomic E-state index is -4.70. The zero-order valence-corrected chi connectivity index (χ0v) is 19.1. The second-order valence-electron chi connectivity index (χ2n) is 6.70. The Balaban J connectivity index is 1.80. The van der Waals surface area contributed by atoms with E-state index in [1.807, 2.05) is 6.07 Å². The van der Waals surface area contributed by atoms with Gasteiger partial charge in [0.2, 0.25) is 0 Å². The molecule has 2 aromatic rings. The fraction of sp³-hybridized carbons (Fsp3) is 0.444. The van der Waals surface area contributed by atoms with E-state index in [-0.39, 0.29) is 5.69 Å². The van der Waals surface area contributed by atoms with Gasteiger partial charge in [-0.2, -0.15) is 18.3 Å². The largest absolute Gasteiger partial charge is 0.495 e. The molecule has 0 radical (unpaired) electrons. The van der Waals surface area contributed by atoms with Crippen LogP contribution in [0.4, 0.5) is 18.9 Å². The average Bonchev–Trinajstić information content (AvgIpc) is 2.99. The summed E-state index contributed by atoms with van der Waals surface area (Å²) >= 11 is 15.5. The van der Waals surface area contributed by atoms with E-state index >= 15 is 0 Å². The van der Waals surface area contributed by atoms with Crippen LogP contribution in [0.25, 0.3) is 0 Å². The van der Waals surface area contributed by atoms with Gasteiger partial charge in [-0.05, 0) is 28.9 Å². The lowest BCUT2D eigenvalue weighted by Gasteiger charge is -2.39. The number of carbonyl (C=O) groups is 1. The molecule has 1 fully saturated rings. The second-order valence-corrected chi connectivity index (χ2v) is 8.34. The number of aromatic nitrogens is 2. The van der Waals surface area contributed by atoms with Crippen molar-refractivity contribution in [2.75, 3.05) is 38.2 Å². The minimum absolute atomic E-state index is 0.0914. The number of anilines is 1. The molecule has 1 aliphatic heterocycles. The van der Waals surface area contributed by atoms with Crippen LogP contribution < -0.4 is 9.64 Å². The summed E-state index contributed by atoms with van der Waals surface area (Å²) in [5.74, 6) is 0.532. The number of hydrogen-bond acceptors (Lipinski definition) is 5. The number of alkyl halides is 3. The SMILES string of the molecule is COc1cc(N2CCN(C(C=O)n3nc(C(F)(F)F)c(Cl)c3C)CC2)c(Br)cc1Cl. The summed E-state index contributed by atoms with van der Waals surface area (Å²) in [6.07, 6.45) is -5.10. The summed E-state index contributed by atoms with van der Waals surface area (Å²) in [4.78, 5) is 15.6. The Hall–Kier alpha value is -1.49. The van der Waals surface area contributed by atoms with E-state index in [1.165, 1.54) is 14.0 Å². The number of hydrogen-bond donors (Lipinski definition) is 0. The summed E-state index contributed by atoms with van der Waals surface area (Å²) in [7, 11) is 1.53. The molecular weight excluding hydrogens is 512 g/mol. The lowest BCUT2D eigenvalue weighted by molar-refractivity contribution is -0.142. The van der Waals surface area contributed by atoms with Crippen molar-refractivity contribution in [1.29, 1.82) is 0 Å². The van der Waals surface area contributed by atoms with E-state index in [1.54, 1.807) is 11.0 Å². The summed E-state index contributed by atoms with van der Waals surface area (Å²) in [6, 6.07) is 3.55. The first-order chi connectivity index (χ1) is 14.1. The first-order valence-electron chi connectivity index (χ1n) is 8.87. The van der Waals surface area contributed by atoms with Gasteiger partial charge in [0, 0.05) is 36.7 Å². The Morgan fingerprint density at radius 3 is 2.37 bits per heavy atom. The third-order valence-electron chi connectivity index (χ3n) is 4.97. The van der Waals surface area contributed by atoms with Gasteiger partial charge in [0.1, 0.15) is 5.75 Å². The number of methoxy groups -OCH3 is 1. The number of piperazine rings is 1. The molecule has 1 aromatic carbocycles. The Labute approximate surface area is 189 Å². The third-order valence-corrected chi connectivity index (χ3v) is 6.35. The summed E-state index contributed by atoms with van der Waals surface area (Å²) in [5.41, 5.74) is -0.228. The minimum Gasteiger partial charge on any atom is -0.495 e. The maximum Gasteiger partial charge on any atom is 0.436 e. The summed E-state index contributed by atoms with van der Waals surface area (Å²) in [5, 5.41) is 3.56. The van der Waals surface area contributed by atoms with Crippen LogP contribution in [0.2, 0.25) is 10.0 Å². The number of benzene rings is 1. The first kappa shape index (κ1) is 23.2. The molecule has 0 bridgehead atoms. The molecule has 0 spiro atoms. The van der Waals surface area contributed by atoms with Gasteiger partial charge in [-0.1, -0.05) is 23.2 Å². The number of nitrogens with zero attached hydrogens (tertiary/aromatic N) is 4. The third kappa shape index (κ3) is 4.42. The number of rotatable bonds is 5. The van der Waals surface area contributed by atoms with Crippen molar-refractivity contribution in [3.8, 4) is 5.75 Å². The molecule has 0 amide bonds. The Bertz CT molecular complexity index is 946. The van der Waals surface area contributed by atoms with Crippen molar-refractivity contribution in [3.05, 3.63) is 38.0 Å². The summed E-state index contributed by atoms with van der Waals surface area (Å²) in [6.45, 7) is 3.34. The predicted molar refractivity (Wildman–Crippen MR) is 112 cm³/mol. The number of aldehydes is 1. The van der Waals surface area contributed by atoms with Crippen molar-refractivity contribution in [2.45, 2.75) is 19.3 Å². The summed E-state index contributed by atoms with van der Waals surface area (Å²) < 4.78 is 46.5. The van der Waals surface area contributed by atoms with E-state index < -0.39 is 23.1 Å². The molecule has 1 saturated heterocycles. The van der Waals surface area contributed by atoms with Crippen LogP contribution in [0, 0.1) is 6.92 Å². The van der Waals surface area contributed by atoms with E-state index in [0.29, 0.717) is 43.2 Å². The standard InChI is InChI=1S/C18H18BrCl2F3N4O2/c1-10-16(21)17(18(22,23)24)25-28(10)15(9-29)27-5-3-26(4-6-27)13-8-14(30-2)12(20)7-11(13)19/h7-9,15H,3-6H2,1-2H3. The number of halogens is 6. The lowest BCUT2D eigenvalue weighted by Crippen LogP contribution is -2.49. The van der Waals surface area contributed by atoms with Gasteiger partial charge in [0.15, 0.2) is 18.1 Å². The van der Waals surface area contributed by atoms with E-state index in [2.05, 4.69) is 25.9 Å². The van der Waals surface area contributed by atoms with Gasteiger partial charge >= 0.3 is 6.18 Å². The normalized spacial score (nSPS) is 16.6. The highest BCUT2D eigenvalue weighted by Crippen LogP contribution is 2.38. The van der Waals surface area contributed by atoms with Gasteiger partial charge < -0.3 is 9.64 Å². The van der Waals surface area contributed by atoms with Crippen LogP contribution >= 0.6 is 39.1 Å². The van der Waals surface area contributed by atoms with Crippen molar-refractivity contribution >= 4 is 51.1 Å². The second kappa shape index (κ2) is 8.94. The van der Waals surface area contributed by atoms with Gasteiger partial charge in [0.05, 0.1) is 28.5 Å². The number of ether oxygens (including phenoxy) is 1. The molecule has 1 atom stereocenters. The fourth-order valence-electron chi connectivity index (χ4n) is 3.38. The molecule has 0 saturated carbocycles. The highest BCUT2D eigenvalue weighted by Gasteiger charge is 2.40. The molecular formula is C18H18BrCl2F3N4O2. The molecule has 6 nitrogen and oxygen atoms in total. The molecule has 1 aromatic heterocycles. The van der Waals surface area contributed by atoms with Gasteiger partial charge in [-0.25, -0.2) is 4.68 Å². The zero-order valence-electron chi connectivity index (χ0n) is 16.0. The van der Waals surface area contributed by atoms with Crippen molar-refractivity contribution < 1.29 is 22.7 Å². The Morgan fingerprint density at radius 1 is 1.23 bits per heavy atom. The fourth-order valence-corrected chi connectivity index (χ4v) is 4.58. The van der Waals surface area contributed by atoms with Crippen molar-refractivity contribution in [3.63, 3.8) is 0 Å². The van der Waals surface area contributed by atoms with Crippen molar-refractivity contribution in [1.82, 2.24) is 14.7 Å². The molecule has 0 aliphatic carbocycles. The topological polar surface area (TPSA) is 50.6 Å². The molecule has 30 heavy (non-hydrogen) atoms. The molecule has 164 valence electrons. The number of carbonyl (C=O) groups excluding carboxylic acids is 1. The average molecular weight is 530 g/mol. The monoisotopic (exact) mass is 528 g/mol. The highest BCUT2D eigenvalue weighted by molar-refractivity contribution is 9.10. The molecule has 3 rings (SSSR count). The Kier molecular flexibility index (Phi) is 6.91. The predicted octanol–water partition coefficient (Wildman–Crippen LogP) is 4.81. The van der Waals surface area contributed by atoms with E-state index in [0.717, 1.165) is 14.8 Å². The molecule has 2 heterocycles. The first-order valence-corrected chi connectivity index (χ1v) is 10.4. The highest BCUT2D eigenvalue weighted by atomic mass is 79.9. The van der Waals surface area contributed by atoms with Crippen LogP contribution in [-0.4, -0.2) is 54.3 Å². The molecule has 1 aliphatic rings. The Morgan fingerprint density at radius 2 is 1.87 bits per heavy atom. The van der Waals surface area contributed by atoms with Crippen LogP contribution in [0.5, 0.6) is 5.75 Å². The smallest absolute Gasteiger partial charge is 0.436 e. The quantitative estimate of drug-likeness (QED) is 0.520. The molecule has 12 heteroatoms. The van der Waals surface area contributed by atoms with E-state index in [9.17, 15) is 18.0 Å². The van der Waals surface area contributed by atoms with Crippen LogP contribution in [0.3, 0.4) is 0 Å². The van der Waals surface area contributed by atoms with Gasteiger partial charge in [-0.15, -0.1) is 0 Å². The van der Waals surface area contributed by atoms with Gasteiger partial charge in [0.25, 0.3) is 0 Å². The lowest BCUT2D eigenvalue weighted by atomic mass is 10.2. The maximum atomic E-state index is 13.1. The van der Waals surface area contributed by atoms with Crippen molar-refractivity contribution in [2.24, 2.45) is 0 Å². The van der Waals surface area contributed by atoms with Crippen LogP contribution in [0.15, 0.2) is 16.6 Å². The van der Waals surface area contributed by atoms with Crippen LogP contribution in [0.1, 0.15) is 17.6 Å². The zero-order chi connectivity index (χ0) is 22.2. The molecule has 1 unspecified atom stereocenters. The molecule has 0 N–H and O–H groups in total. The maximum absolute atomic E-state index is 13.1. The van der Waals surface area contributed by atoms with Crippen LogP contribution in [-0.2, 0) is 11.0 Å². The van der Waals surface area contributed by atoms with Gasteiger partial charge in [-0.3, -0.25) is 9.69 Å². The van der Waals surface area contributed by atoms with E-state index in [4.69, 9.17) is 27.9 Å².